The average molecular weight is 315 g/mol. The van der Waals surface area contributed by atoms with Crippen molar-refractivity contribution in [3.05, 3.63) is 28.8 Å². The number of aromatic nitrogens is 2. The van der Waals surface area contributed by atoms with Gasteiger partial charge in [0.05, 0.1) is 5.75 Å². The summed E-state index contributed by atoms with van der Waals surface area (Å²) in [4.78, 5) is 11.8. The normalized spacial score (nSPS) is 10.4. The Morgan fingerprint density at radius 1 is 1.53 bits per heavy atom. The topological polar surface area (TPSA) is 80.9 Å². The van der Waals surface area contributed by atoms with E-state index in [2.05, 4.69) is 15.5 Å². The first kappa shape index (κ1) is 14.1. The summed E-state index contributed by atoms with van der Waals surface area (Å²) in [6, 6.07) is 5.32. The first-order valence-electron chi connectivity index (χ1n) is 5.32. The molecule has 1 heterocycles. The number of benzene rings is 1. The quantitative estimate of drug-likeness (QED) is 0.848. The van der Waals surface area contributed by atoms with E-state index in [1.165, 1.54) is 23.1 Å². The lowest BCUT2D eigenvalue weighted by Gasteiger charge is -2.07. The monoisotopic (exact) mass is 314 g/mol. The van der Waals surface area contributed by atoms with Gasteiger partial charge in [0.25, 0.3) is 0 Å². The van der Waals surface area contributed by atoms with Gasteiger partial charge in [-0.25, -0.2) is 0 Å². The highest BCUT2D eigenvalue weighted by Gasteiger charge is 2.08. The van der Waals surface area contributed by atoms with Crippen LogP contribution in [0.1, 0.15) is 5.56 Å². The van der Waals surface area contributed by atoms with Crippen molar-refractivity contribution in [1.29, 1.82) is 0 Å². The molecule has 2 rings (SSSR count). The van der Waals surface area contributed by atoms with Gasteiger partial charge in [-0.1, -0.05) is 34.7 Å². The molecule has 0 spiro atoms. The number of nitrogens with two attached hydrogens (primary N) is 1. The van der Waals surface area contributed by atoms with E-state index in [1.807, 2.05) is 6.92 Å². The number of halogens is 1. The van der Waals surface area contributed by atoms with Gasteiger partial charge in [0.2, 0.25) is 11.0 Å². The highest BCUT2D eigenvalue weighted by atomic mass is 35.5. The van der Waals surface area contributed by atoms with E-state index in [0.29, 0.717) is 14.5 Å². The molecule has 0 saturated carbocycles. The molecule has 5 nitrogen and oxygen atoms in total. The summed E-state index contributed by atoms with van der Waals surface area (Å²) in [5.41, 5.74) is 7.14. The van der Waals surface area contributed by atoms with E-state index in [0.717, 1.165) is 11.3 Å². The Balaban J connectivity index is 1.90. The first-order chi connectivity index (χ1) is 9.04. The van der Waals surface area contributed by atoms with Crippen LogP contribution in [0.2, 0.25) is 5.02 Å². The second kappa shape index (κ2) is 6.23. The molecule has 0 saturated heterocycles. The maximum atomic E-state index is 11.8. The number of nitrogens with one attached hydrogen (secondary N) is 1. The summed E-state index contributed by atoms with van der Waals surface area (Å²) in [6.45, 7) is 1.89. The maximum absolute atomic E-state index is 11.8. The van der Waals surface area contributed by atoms with E-state index in [9.17, 15) is 4.79 Å². The van der Waals surface area contributed by atoms with E-state index in [1.54, 1.807) is 18.2 Å². The Labute approximate surface area is 123 Å². The molecular formula is C11H11ClN4OS2. The number of hydrogen-bond acceptors (Lipinski definition) is 6. The molecular weight excluding hydrogens is 304 g/mol. The first-order valence-corrected chi connectivity index (χ1v) is 7.50. The smallest absolute Gasteiger partial charge is 0.234 e. The van der Waals surface area contributed by atoms with Crippen molar-refractivity contribution in [3.8, 4) is 0 Å². The number of anilines is 2. The van der Waals surface area contributed by atoms with Crippen LogP contribution in [-0.4, -0.2) is 21.9 Å². The Morgan fingerprint density at radius 2 is 2.32 bits per heavy atom. The largest absolute Gasteiger partial charge is 0.374 e. The molecule has 1 amide bonds. The van der Waals surface area contributed by atoms with Crippen LogP contribution >= 0.6 is 34.7 Å². The van der Waals surface area contributed by atoms with Crippen LogP contribution in [0.4, 0.5) is 10.8 Å². The Hall–Kier alpha value is -1.31. The summed E-state index contributed by atoms with van der Waals surface area (Å²) in [5, 5.41) is 11.4. The Kier molecular flexibility index (Phi) is 4.62. The van der Waals surface area contributed by atoms with Crippen molar-refractivity contribution in [2.75, 3.05) is 16.8 Å². The molecule has 100 valence electrons. The molecule has 8 heteroatoms. The molecule has 0 fully saturated rings. The fourth-order valence-corrected chi connectivity index (χ4v) is 3.02. The molecule has 0 bridgehead atoms. The fourth-order valence-electron chi connectivity index (χ4n) is 1.36. The molecule has 1 aromatic carbocycles. The number of carbonyl (C=O) groups excluding carboxylic acids is 1. The van der Waals surface area contributed by atoms with Gasteiger partial charge < -0.3 is 11.1 Å². The lowest BCUT2D eigenvalue weighted by atomic mass is 10.2. The molecule has 0 radical (unpaired) electrons. The third-order valence-corrected chi connectivity index (χ3v) is 4.33. The number of rotatable bonds is 4. The molecule has 2 aromatic rings. The highest BCUT2D eigenvalue weighted by Crippen LogP contribution is 2.24. The lowest BCUT2D eigenvalue weighted by molar-refractivity contribution is -0.113. The van der Waals surface area contributed by atoms with Crippen molar-refractivity contribution in [1.82, 2.24) is 10.2 Å². The molecule has 1 aromatic heterocycles. The summed E-state index contributed by atoms with van der Waals surface area (Å²) in [7, 11) is 0. The molecule has 0 aliphatic carbocycles. The van der Waals surface area contributed by atoms with E-state index in [4.69, 9.17) is 17.3 Å². The van der Waals surface area contributed by atoms with Crippen LogP contribution in [0.5, 0.6) is 0 Å². The summed E-state index contributed by atoms with van der Waals surface area (Å²) in [5.74, 6) is 0.153. The Bertz CT molecular complexity index is 602. The molecule has 19 heavy (non-hydrogen) atoms. The minimum absolute atomic E-state index is 0.107. The average Bonchev–Trinajstić information content (AvgIpc) is 2.76. The number of hydrogen-bond donors (Lipinski definition) is 2. The molecule has 0 aliphatic rings. The van der Waals surface area contributed by atoms with Crippen LogP contribution in [0.3, 0.4) is 0 Å². The van der Waals surface area contributed by atoms with Gasteiger partial charge in [0.1, 0.15) is 0 Å². The fraction of sp³-hybridized carbons (Fsp3) is 0.182. The minimum Gasteiger partial charge on any atom is -0.374 e. The van der Waals surface area contributed by atoms with E-state index >= 15 is 0 Å². The van der Waals surface area contributed by atoms with Gasteiger partial charge >= 0.3 is 0 Å². The van der Waals surface area contributed by atoms with Crippen molar-refractivity contribution in [3.63, 3.8) is 0 Å². The predicted molar refractivity (Wildman–Crippen MR) is 79.9 cm³/mol. The van der Waals surface area contributed by atoms with Gasteiger partial charge in [-0.05, 0) is 30.7 Å². The summed E-state index contributed by atoms with van der Waals surface area (Å²) >= 11 is 8.42. The third kappa shape index (κ3) is 4.09. The predicted octanol–water partition coefficient (Wildman–Crippen LogP) is 2.81. The van der Waals surface area contributed by atoms with Gasteiger partial charge in [-0.3, -0.25) is 4.79 Å². The second-order valence-corrected chi connectivity index (χ2v) is 6.37. The number of thioether (sulfide) groups is 1. The van der Waals surface area contributed by atoms with Crippen LogP contribution in [0.25, 0.3) is 0 Å². The number of amides is 1. The standard InChI is InChI=1S/C11H11ClN4OS2/c1-6-4-7(12)2-3-8(6)14-9(17)5-18-11-16-15-10(13)19-11/h2-4H,5H2,1H3,(H2,13,15)(H,14,17). The van der Waals surface area contributed by atoms with Crippen molar-refractivity contribution in [2.24, 2.45) is 0 Å². The van der Waals surface area contributed by atoms with Gasteiger partial charge in [-0.2, -0.15) is 0 Å². The number of aryl methyl sites for hydroxylation is 1. The SMILES string of the molecule is Cc1cc(Cl)ccc1NC(=O)CSc1nnc(N)s1. The van der Waals surface area contributed by atoms with Crippen LogP contribution < -0.4 is 11.1 Å². The Morgan fingerprint density at radius 3 is 2.95 bits per heavy atom. The number of carbonyl (C=O) groups is 1. The van der Waals surface area contributed by atoms with Crippen LogP contribution in [-0.2, 0) is 4.79 Å². The third-order valence-electron chi connectivity index (χ3n) is 2.21. The van der Waals surface area contributed by atoms with Gasteiger partial charge in [-0.15, -0.1) is 10.2 Å². The van der Waals surface area contributed by atoms with E-state index < -0.39 is 0 Å². The zero-order valence-corrected chi connectivity index (χ0v) is 12.4. The van der Waals surface area contributed by atoms with E-state index in [-0.39, 0.29) is 11.7 Å². The summed E-state index contributed by atoms with van der Waals surface area (Å²) in [6.07, 6.45) is 0. The van der Waals surface area contributed by atoms with Crippen molar-refractivity contribution in [2.45, 2.75) is 11.3 Å². The molecule has 0 aliphatic heterocycles. The van der Waals surface area contributed by atoms with Crippen molar-refractivity contribution >= 4 is 51.4 Å². The zero-order chi connectivity index (χ0) is 13.8. The van der Waals surface area contributed by atoms with Crippen LogP contribution in [0, 0.1) is 6.92 Å². The zero-order valence-electron chi connectivity index (χ0n) is 10.0. The van der Waals surface area contributed by atoms with Gasteiger partial charge in [0, 0.05) is 10.7 Å². The van der Waals surface area contributed by atoms with Crippen molar-refractivity contribution < 1.29 is 4.79 Å². The highest BCUT2D eigenvalue weighted by molar-refractivity contribution is 8.01. The number of nitrogens with zero attached hydrogens (tertiary/aromatic N) is 2. The van der Waals surface area contributed by atoms with Crippen LogP contribution in [0.15, 0.2) is 22.5 Å². The molecule has 0 atom stereocenters. The molecule has 0 unspecified atom stereocenters. The van der Waals surface area contributed by atoms with Gasteiger partial charge in [0.15, 0.2) is 4.34 Å². The lowest BCUT2D eigenvalue weighted by Crippen LogP contribution is -2.14. The molecule has 3 N–H and O–H groups in total. The number of nitrogen functional groups attached to an aromatic ring is 1. The maximum Gasteiger partial charge on any atom is 0.234 e. The summed E-state index contributed by atoms with van der Waals surface area (Å²) < 4.78 is 0.681. The minimum atomic E-state index is -0.107. The second-order valence-electron chi connectivity index (χ2n) is 3.70.